The second-order valence-corrected chi connectivity index (χ2v) is 11.0. The first-order valence-electron chi connectivity index (χ1n) is 13.1. The summed E-state index contributed by atoms with van der Waals surface area (Å²) >= 11 is 12.5. The lowest BCUT2D eigenvalue weighted by Crippen LogP contribution is -2.43. The van der Waals surface area contributed by atoms with Crippen molar-refractivity contribution in [2.24, 2.45) is 0 Å². The number of methoxy groups -OCH3 is 1. The normalized spacial score (nSPS) is 16.1. The molecule has 1 amide bonds. The maximum atomic E-state index is 13.4. The van der Waals surface area contributed by atoms with Crippen molar-refractivity contribution < 1.29 is 14.6 Å². The summed E-state index contributed by atoms with van der Waals surface area (Å²) in [4.78, 5) is 17.5. The lowest BCUT2D eigenvalue weighted by molar-refractivity contribution is -0.130. The minimum Gasteiger partial charge on any atom is -0.496 e. The van der Waals surface area contributed by atoms with Gasteiger partial charge in [-0.1, -0.05) is 77.8 Å². The number of carbonyl (C=O) groups excluding carboxylic acids is 1. The van der Waals surface area contributed by atoms with Crippen LogP contribution in [0.1, 0.15) is 48.3 Å². The molecule has 0 saturated carbocycles. The molecule has 1 fully saturated rings. The van der Waals surface area contributed by atoms with E-state index in [1.807, 2.05) is 73.8 Å². The number of halogens is 2. The van der Waals surface area contributed by atoms with Gasteiger partial charge in [0, 0.05) is 38.7 Å². The highest BCUT2D eigenvalue weighted by Crippen LogP contribution is 2.34. The highest BCUT2D eigenvalue weighted by atomic mass is 35.5. The van der Waals surface area contributed by atoms with E-state index in [0.717, 1.165) is 48.5 Å². The van der Waals surface area contributed by atoms with Crippen LogP contribution >= 0.6 is 23.2 Å². The van der Waals surface area contributed by atoms with Gasteiger partial charge < -0.3 is 19.6 Å². The highest BCUT2D eigenvalue weighted by molar-refractivity contribution is 6.42. The standard InChI is InChI=1S/C31H36Cl2N2O3/c1-34(22-25-8-6-7-11-29(25)38-2)30(36)21-24(23-12-13-27(32)28(33)20-23)14-17-35-18-15-31(37,16-19-35)26-9-4-3-5-10-26/h3-13,20,24,37H,14-19,21-22H2,1-2H3. The number of ether oxygens (including phenoxy) is 1. The van der Waals surface area contributed by atoms with E-state index in [9.17, 15) is 9.90 Å². The summed E-state index contributed by atoms with van der Waals surface area (Å²) in [6, 6.07) is 23.3. The van der Waals surface area contributed by atoms with Crippen molar-refractivity contribution >= 4 is 29.1 Å². The molecule has 1 saturated heterocycles. The first kappa shape index (κ1) is 28.4. The summed E-state index contributed by atoms with van der Waals surface area (Å²) in [6.07, 6.45) is 2.55. The Morgan fingerprint density at radius 2 is 1.71 bits per heavy atom. The molecule has 1 aliphatic rings. The Morgan fingerprint density at radius 3 is 2.39 bits per heavy atom. The van der Waals surface area contributed by atoms with Crippen molar-refractivity contribution in [1.29, 1.82) is 0 Å². The van der Waals surface area contributed by atoms with Crippen molar-refractivity contribution in [3.63, 3.8) is 0 Å². The average Bonchev–Trinajstić information content (AvgIpc) is 2.94. The average molecular weight is 556 g/mol. The predicted molar refractivity (Wildman–Crippen MR) is 154 cm³/mol. The first-order valence-corrected chi connectivity index (χ1v) is 13.9. The lowest BCUT2D eigenvalue weighted by atomic mass is 9.84. The molecule has 7 heteroatoms. The van der Waals surface area contributed by atoms with E-state index < -0.39 is 5.60 Å². The maximum Gasteiger partial charge on any atom is 0.223 e. The van der Waals surface area contributed by atoms with Gasteiger partial charge in [0.15, 0.2) is 0 Å². The number of para-hydroxylation sites is 1. The number of carbonyl (C=O) groups is 1. The summed E-state index contributed by atoms with van der Waals surface area (Å²) in [6.45, 7) is 2.92. The monoisotopic (exact) mass is 554 g/mol. The van der Waals surface area contributed by atoms with Gasteiger partial charge in [-0.25, -0.2) is 0 Å². The van der Waals surface area contributed by atoms with E-state index in [1.54, 1.807) is 18.1 Å². The van der Waals surface area contributed by atoms with Gasteiger partial charge in [0.25, 0.3) is 0 Å². The van der Waals surface area contributed by atoms with Crippen LogP contribution in [0.15, 0.2) is 72.8 Å². The summed E-state index contributed by atoms with van der Waals surface area (Å²) < 4.78 is 5.46. The van der Waals surface area contributed by atoms with Crippen molar-refractivity contribution in [3.05, 3.63) is 99.5 Å². The number of aliphatic hydroxyl groups is 1. The fourth-order valence-electron chi connectivity index (χ4n) is 5.22. The Bertz CT molecular complexity index is 1210. The molecule has 1 heterocycles. The molecular weight excluding hydrogens is 519 g/mol. The predicted octanol–water partition coefficient (Wildman–Crippen LogP) is 6.51. The number of nitrogens with zero attached hydrogens (tertiary/aromatic N) is 2. The van der Waals surface area contributed by atoms with Gasteiger partial charge in [-0.05, 0) is 61.1 Å². The zero-order valence-corrected chi connectivity index (χ0v) is 23.6. The summed E-state index contributed by atoms with van der Waals surface area (Å²) in [5.74, 6) is 0.824. The molecule has 1 atom stereocenters. The summed E-state index contributed by atoms with van der Waals surface area (Å²) in [7, 11) is 3.47. The lowest BCUT2D eigenvalue weighted by Gasteiger charge is -2.39. The van der Waals surface area contributed by atoms with Crippen LogP contribution in [0.4, 0.5) is 0 Å². The molecule has 4 rings (SSSR count). The van der Waals surface area contributed by atoms with E-state index in [-0.39, 0.29) is 11.8 Å². The van der Waals surface area contributed by atoms with Crippen molar-refractivity contribution in [3.8, 4) is 5.75 Å². The Balaban J connectivity index is 1.41. The van der Waals surface area contributed by atoms with Gasteiger partial charge in [-0.2, -0.15) is 0 Å². The fourth-order valence-corrected chi connectivity index (χ4v) is 5.53. The van der Waals surface area contributed by atoms with Crippen molar-refractivity contribution in [1.82, 2.24) is 9.80 Å². The molecule has 0 spiro atoms. The minimum absolute atomic E-state index is 0.00711. The van der Waals surface area contributed by atoms with E-state index in [1.165, 1.54) is 0 Å². The van der Waals surface area contributed by atoms with Crippen LogP contribution in [0.25, 0.3) is 0 Å². The van der Waals surface area contributed by atoms with E-state index >= 15 is 0 Å². The summed E-state index contributed by atoms with van der Waals surface area (Å²) in [5.41, 5.74) is 2.18. The van der Waals surface area contributed by atoms with Gasteiger partial charge in [-0.3, -0.25) is 4.79 Å². The van der Waals surface area contributed by atoms with Gasteiger partial charge in [0.05, 0.1) is 22.8 Å². The maximum absolute atomic E-state index is 13.4. The Hall–Kier alpha value is -2.57. The van der Waals surface area contributed by atoms with E-state index in [4.69, 9.17) is 27.9 Å². The highest BCUT2D eigenvalue weighted by Gasteiger charge is 2.34. The van der Waals surface area contributed by atoms with Gasteiger partial charge in [0.1, 0.15) is 5.75 Å². The van der Waals surface area contributed by atoms with Crippen LogP contribution in [-0.4, -0.2) is 54.6 Å². The van der Waals surface area contributed by atoms with Crippen LogP contribution in [0.5, 0.6) is 5.75 Å². The van der Waals surface area contributed by atoms with Crippen LogP contribution in [0, 0.1) is 0 Å². The number of hydrogen-bond acceptors (Lipinski definition) is 4. The third-order valence-electron chi connectivity index (χ3n) is 7.65. The number of likely N-dealkylation sites (tertiary alicyclic amines) is 1. The molecular formula is C31H36Cl2N2O3. The number of hydrogen-bond donors (Lipinski definition) is 1. The number of benzene rings is 3. The van der Waals surface area contributed by atoms with Crippen LogP contribution in [0.2, 0.25) is 10.0 Å². The molecule has 1 unspecified atom stereocenters. The Morgan fingerprint density at radius 1 is 1.03 bits per heavy atom. The molecule has 38 heavy (non-hydrogen) atoms. The summed E-state index contributed by atoms with van der Waals surface area (Å²) in [5, 5.41) is 12.2. The first-order chi connectivity index (χ1) is 18.3. The Labute approximate surface area is 235 Å². The molecule has 3 aromatic carbocycles. The molecule has 0 radical (unpaired) electrons. The molecule has 202 valence electrons. The minimum atomic E-state index is -0.780. The van der Waals surface area contributed by atoms with Crippen molar-refractivity contribution in [2.75, 3.05) is 33.8 Å². The second kappa shape index (κ2) is 13.0. The number of piperidine rings is 1. The van der Waals surface area contributed by atoms with Crippen LogP contribution < -0.4 is 4.74 Å². The van der Waals surface area contributed by atoms with Crippen molar-refractivity contribution in [2.45, 2.75) is 43.7 Å². The van der Waals surface area contributed by atoms with Gasteiger partial charge in [0.2, 0.25) is 5.91 Å². The second-order valence-electron chi connectivity index (χ2n) is 10.2. The molecule has 1 aliphatic heterocycles. The van der Waals surface area contributed by atoms with Crippen LogP contribution in [0.3, 0.4) is 0 Å². The zero-order chi connectivity index (χ0) is 27.1. The molecule has 0 aromatic heterocycles. The molecule has 0 bridgehead atoms. The molecule has 3 aromatic rings. The zero-order valence-electron chi connectivity index (χ0n) is 22.1. The fraction of sp³-hybridized carbons (Fsp3) is 0.387. The Kier molecular flexibility index (Phi) is 9.72. The van der Waals surface area contributed by atoms with E-state index in [0.29, 0.717) is 35.9 Å². The smallest absolute Gasteiger partial charge is 0.223 e. The van der Waals surface area contributed by atoms with Crippen LogP contribution in [-0.2, 0) is 16.9 Å². The SMILES string of the molecule is COc1ccccc1CN(C)C(=O)CC(CCN1CCC(O)(c2ccccc2)CC1)c1ccc(Cl)c(Cl)c1. The molecule has 1 N–H and O–H groups in total. The molecule has 5 nitrogen and oxygen atoms in total. The van der Waals surface area contributed by atoms with E-state index in [2.05, 4.69) is 4.90 Å². The third-order valence-corrected chi connectivity index (χ3v) is 8.39. The quantitative estimate of drug-likeness (QED) is 0.310. The number of rotatable bonds is 10. The topological polar surface area (TPSA) is 53.0 Å². The number of amides is 1. The largest absolute Gasteiger partial charge is 0.496 e. The molecule has 0 aliphatic carbocycles. The van der Waals surface area contributed by atoms with Gasteiger partial charge in [-0.15, -0.1) is 0 Å². The third kappa shape index (κ3) is 7.09. The van der Waals surface area contributed by atoms with Gasteiger partial charge >= 0.3 is 0 Å².